The smallest absolute Gasteiger partial charge is 0.251 e. The molecule has 7 nitrogen and oxygen atoms in total. The summed E-state index contributed by atoms with van der Waals surface area (Å²) in [4.78, 5) is 11.0. The third kappa shape index (κ3) is 4.54. The number of carbonyl (C=O) groups excluding carboxylic acids is 1. The molecule has 4 atom stereocenters. The molecule has 0 aliphatic rings. The molecule has 0 aromatic rings. The zero-order valence-electron chi connectivity index (χ0n) is 8.37. The highest BCUT2D eigenvalue weighted by Gasteiger charge is 2.32. The fourth-order valence-electron chi connectivity index (χ4n) is 0.911. The van der Waals surface area contributed by atoms with Gasteiger partial charge in [-0.25, -0.2) is 0 Å². The molecule has 0 aromatic carbocycles. The minimum Gasteiger partial charge on any atom is -0.395 e. The van der Waals surface area contributed by atoms with E-state index in [-0.39, 0.29) is 13.2 Å². The first-order valence-electron chi connectivity index (χ1n) is 4.52. The predicted octanol–water partition coefficient (Wildman–Crippen LogP) is -3.44. The number of amides is 1. The molecule has 0 aliphatic carbocycles. The van der Waals surface area contributed by atoms with E-state index in [9.17, 15) is 15.0 Å². The van der Waals surface area contributed by atoms with Crippen molar-refractivity contribution in [3.8, 4) is 0 Å². The van der Waals surface area contributed by atoms with Gasteiger partial charge in [0.25, 0.3) is 5.91 Å². The molecule has 0 aliphatic heterocycles. The molecule has 0 rings (SSSR count). The van der Waals surface area contributed by atoms with Gasteiger partial charge in [0.1, 0.15) is 12.2 Å². The van der Waals surface area contributed by atoms with Crippen molar-refractivity contribution < 1.29 is 30.3 Å². The Kier molecular flexibility index (Phi) is 6.37. The summed E-state index contributed by atoms with van der Waals surface area (Å²) in [6.45, 7) is 0.854. The minimum atomic E-state index is -1.85. The van der Waals surface area contributed by atoms with E-state index in [1.165, 1.54) is 6.92 Å². The average Bonchev–Trinajstić information content (AvgIpc) is 2.22. The van der Waals surface area contributed by atoms with E-state index in [2.05, 4.69) is 5.32 Å². The molecular weight excluding hydrogens is 206 g/mol. The fraction of sp³-hybridized carbons (Fsp3) is 0.875. The van der Waals surface area contributed by atoms with E-state index in [1.807, 2.05) is 0 Å². The Bertz CT molecular complexity index is 198. The van der Waals surface area contributed by atoms with Gasteiger partial charge in [-0.05, 0) is 6.92 Å². The fourth-order valence-corrected chi connectivity index (χ4v) is 0.911. The van der Waals surface area contributed by atoms with Crippen molar-refractivity contribution in [1.82, 2.24) is 5.32 Å². The molecular formula is C8H17NO6. The highest BCUT2D eigenvalue weighted by Crippen LogP contribution is 2.04. The first-order valence-corrected chi connectivity index (χ1v) is 4.52. The van der Waals surface area contributed by atoms with Crippen LogP contribution in [0.1, 0.15) is 6.92 Å². The van der Waals surface area contributed by atoms with Crippen LogP contribution in [0.5, 0.6) is 0 Å². The lowest BCUT2D eigenvalue weighted by atomic mass is 10.0. The lowest BCUT2D eigenvalue weighted by molar-refractivity contribution is -0.146. The van der Waals surface area contributed by atoms with E-state index in [0.29, 0.717) is 0 Å². The van der Waals surface area contributed by atoms with Crippen molar-refractivity contribution in [3.05, 3.63) is 0 Å². The Balaban J connectivity index is 4.18. The molecule has 6 N–H and O–H groups in total. The first kappa shape index (κ1) is 14.3. The molecule has 0 saturated carbocycles. The zero-order chi connectivity index (χ0) is 12.0. The van der Waals surface area contributed by atoms with Gasteiger partial charge >= 0.3 is 0 Å². The Hall–Kier alpha value is -0.730. The lowest BCUT2D eigenvalue weighted by Gasteiger charge is -2.23. The van der Waals surface area contributed by atoms with Crippen LogP contribution in [-0.4, -0.2) is 69.0 Å². The molecule has 1 amide bonds. The quantitative estimate of drug-likeness (QED) is 0.278. The van der Waals surface area contributed by atoms with Crippen LogP contribution in [0, 0.1) is 0 Å². The van der Waals surface area contributed by atoms with Crippen molar-refractivity contribution in [3.63, 3.8) is 0 Å². The third-order valence-electron chi connectivity index (χ3n) is 1.85. The van der Waals surface area contributed by atoms with Gasteiger partial charge in [0, 0.05) is 6.54 Å². The summed E-state index contributed by atoms with van der Waals surface area (Å²) < 4.78 is 0. The average molecular weight is 223 g/mol. The van der Waals surface area contributed by atoms with Crippen LogP contribution in [-0.2, 0) is 4.79 Å². The number of hydrogen-bond donors (Lipinski definition) is 6. The Labute approximate surface area is 87.0 Å². The second kappa shape index (κ2) is 6.70. The van der Waals surface area contributed by atoms with E-state index < -0.39 is 30.3 Å². The minimum absolute atomic E-state index is 0.0621. The van der Waals surface area contributed by atoms with Gasteiger partial charge in [-0.2, -0.15) is 0 Å². The molecule has 0 bridgehead atoms. The van der Waals surface area contributed by atoms with Crippen LogP contribution in [0.15, 0.2) is 0 Å². The van der Waals surface area contributed by atoms with Gasteiger partial charge in [-0.1, -0.05) is 0 Å². The topological polar surface area (TPSA) is 130 Å². The van der Waals surface area contributed by atoms with Crippen molar-refractivity contribution in [1.29, 1.82) is 0 Å². The van der Waals surface area contributed by atoms with Crippen LogP contribution in [0.4, 0.5) is 0 Å². The number of rotatable bonds is 6. The molecule has 0 spiro atoms. The number of aliphatic hydroxyl groups excluding tert-OH is 5. The second-order valence-electron chi connectivity index (χ2n) is 3.18. The highest BCUT2D eigenvalue weighted by molar-refractivity contribution is 5.81. The van der Waals surface area contributed by atoms with Gasteiger partial charge < -0.3 is 30.8 Å². The van der Waals surface area contributed by atoms with Crippen LogP contribution >= 0.6 is 0 Å². The van der Waals surface area contributed by atoms with Crippen LogP contribution in [0.25, 0.3) is 0 Å². The summed E-state index contributed by atoms with van der Waals surface area (Å²) in [5.41, 5.74) is 0. The number of carbonyl (C=O) groups is 1. The normalized spacial score (nSPS) is 19.1. The maximum Gasteiger partial charge on any atom is 0.251 e. The van der Waals surface area contributed by atoms with Crippen molar-refractivity contribution in [2.24, 2.45) is 0 Å². The van der Waals surface area contributed by atoms with Gasteiger partial charge in [0.05, 0.1) is 12.7 Å². The zero-order valence-corrected chi connectivity index (χ0v) is 8.37. The maximum absolute atomic E-state index is 11.0. The largest absolute Gasteiger partial charge is 0.395 e. The van der Waals surface area contributed by atoms with Crippen molar-refractivity contribution >= 4 is 5.91 Å². The Morgan fingerprint density at radius 3 is 2.13 bits per heavy atom. The van der Waals surface area contributed by atoms with E-state index >= 15 is 0 Å². The molecule has 15 heavy (non-hydrogen) atoms. The molecule has 7 heteroatoms. The summed E-state index contributed by atoms with van der Waals surface area (Å²) in [6, 6.07) is 0. The third-order valence-corrected chi connectivity index (χ3v) is 1.85. The number of aliphatic hydroxyl groups is 5. The molecule has 0 saturated heterocycles. The predicted molar refractivity (Wildman–Crippen MR) is 49.8 cm³/mol. The first-order chi connectivity index (χ1) is 6.91. The second-order valence-corrected chi connectivity index (χ2v) is 3.18. The molecule has 0 radical (unpaired) electrons. The SMILES string of the molecule is C[C@H](O)[C@@H](O)[C@H](O)C(O)C(=O)NCCO. The molecule has 90 valence electrons. The van der Waals surface area contributed by atoms with Crippen LogP contribution < -0.4 is 5.32 Å². The van der Waals surface area contributed by atoms with Gasteiger partial charge in [0.15, 0.2) is 6.10 Å². The van der Waals surface area contributed by atoms with Crippen LogP contribution in [0.3, 0.4) is 0 Å². The Morgan fingerprint density at radius 1 is 1.20 bits per heavy atom. The molecule has 0 heterocycles. The monoisotopic (exact) mass is 223 g/mol. The highest BCUT2D eigenvalue weighted by atomic mass is 16.4. The number of nitrogens with one attached hydrogen (secondary N) is 1. The maximum atomic E-state index is 11.0. The summed E-state index contributed by atoms with van der Waals surface area (Å²) in [5.74, 6) is -0.920. The standard InChI is InChI=1S/C8H17NO6/c1-4(11)5(12)6(13)7(14)8(15)9-2-3-10/h4-7,10-14H,2-3H2,1H3,(H,9,15)/t4-,5+,6-,7?/m0/s1. The van der Waals surface area contributed by atoms with Crippen molar-refractivity contribution in [2.45, 2.75) is 31.3 Å². The number of hydrogen-bond acceptors (Lipinski definition) is 6. The summed E-state index contributed by atoms with van der Waals surface area (Å²) in [6.07, 6.45) is -6.50. The summed E-state index contributed by atoms with van der Waals surface area (Å²) >= 11 is 0. The molecule has 0 fully saturated rings. The van der Waals surface area contributed by atoms with E-state index in [0.717, 1.165) is 0 Å². The summed E-state index contributed by atoms with van der Waals surface area (Å²) in [7, 11) is 0. The van der Waals surface area contributed by atoms with E-state index in [1.54, 1.807) is 0 Å². The van der Waals surface area contributed by atoms with Gasteiger partial charge in [-0.15, -0.1) is 0 Å². The van der Waals surface area contributed by atoms with Gasteiger partial charge in [0.2, 0.25) is 0 Å². The Morgan fingerprint density at radius 2 is 1.73 bits per heavy atom. The lowest BCUT2D eigenvalue weighted by Crippen LogP contribution is -2.50. The van der Waals surface area contributed by atoms with Crippen molar-refractivity contribution in [2.75, 3.05) is 13.2 Å². The van der Waals surface area contributed by atoms with Gasteiger partial charge in [-0.3, -0.25) is 4.79 Å². The molecule has 1 unspecified atom stereocenters. The molecule has 0 aromatic heterocycles. The summed E-state index contributed by atoms with van der Waals surface area (Å²) in [5, 5.41) is 47.0. The van der Waals surface area contributed by atoms with Crippen LogP contribution in [0.2, 0.25) is 0 Å². The van der Waals surface area contributed by atoms with E-state index in [4.69, 9.17) is 15.3 Å².